The zero-order chi connectivity index (χ0) is 21.7. The maximum absolute atomic E-state index is 12.2. The molecule has 0 saturated carbocycles. The molecule has 0 aliphatic carbocycles. The van der Waals surface area contributed by atoms with Crippen molar-refractivity contribution in [3.63, 3.8) is 0 Å². The number of benzene rings is 2. The Morgan fingerprint density at radius 1 is 0.967 bits per heavy atom. The lowest BCUT2D eigenvalue weighted by Crippen LogP contribution is -2.34. The summed E-state index contributed by atoms with van der Waals surface area (Å²) in [6.07, 6.45) is 0. The molecule has 2 aromatic carbocycles. The lowest BCUT2D eigenvalue weighted by atomic mass is 9.87. The first-order chi connectivity index (χ1) is 14.3. The first-order valence-electron chi connectivity index (χ1n) is 9.51. The number of nitrogens with zero attached hydrogens (tertiary/aromatic N) is 2. The molecule has 0 bridgehead atoms. The smallest absolute Gasteiger partial charge is 0.316 e. The Labute approximate surface area is 179 Å². The van der Waals surface area contributed by atoms with E-state index in [1.807, 2.05) is 24.3 Å². The van der Waals surface area contributed by atoms with E-state index in [0.29, 0.717) is 16.4 Å². The van der Waals surface area contributed by atoms with Crippen LogP contribution in [0, 0.1) is 0 Å². The highest BCUT2D eigenvalue weighted by Gasteiger charge is 2.17. The molecule has 0 aliphatic rings. The summed E-state index contributed by atoms with van der Waals surface area (Å²) in [5.41, 5.74) is 2.37. The minimum atomic E-state index is -0.507. The highest BCUT2D eigenvalue weighted by Crippen LogP contribution is 2.25. The van der Waals surface area contributed by atoms with Crippen LogP contribution in [0.4, 0.5) is 0 Å². The van der Waals surface area contributed by atoms with Gasteiger partial charge in [-0.1, -0.05) is 73.9 Å². The van der Waals surface area contributed by atoms with Gasteiger partial charge in [-0.05, 0) is 23.1 Å². The zero-order valence-corrected chi connectivity index (χ0v) is 17.8. The van der Waals surface area contributed by atoms with Crippen LogP contribution in [0.5, 0.6) is 0 Å². The van der Waals surface area contributed by atoms with Crippen LogP contribution >= 0.6 is 11.6 Å². The molecule has 3 rings (SSSR count). The van der Waals surface area contributed by atoms with Gasteiger partial charge in [0.25, 0.3) is 5.91 Å². The van der Waals surface area contributed by atoms with Gasteiger partial charge in [-0.3, -0.25) is 9.59 Å². The second kappa shape index (κ2) is 9.09. The third-order valence-electron chi connectivity index (χ3n) is 4.44. The lowest BCUT2D eigenvalue weighted by Gasteiger charge is -2.18. The first kappa shape index (κ1) is 21.5. The second-order valence-corrected chi connectivity index (χ2v) is 8.15. The van der Waals surface area contributed by atoms with Gasteiger partial charge >= 0.3 is 11.8 Å². The second-order valence-electron chi connectivity index (χ2n) is 7.74. The lowest BCUT2D eigenvalue weighted by molar-refractivity contribution is 0.0898. The summed E-state index contributed by atoms with van der Waals surface area (Å²) >= 11 is 5.99. The molecule has 3 aromatic rings. The summed E-state index contributed by atoms with van der Waals surface area (Å²) in [6.45, 7) is 6.83. The predicted molar refractivity (Wildman–Crippen MR) is 115 cm³/mol. The van der Waals surface area contributed by atoms with E-state index in [1.54, 1.807) is 24.3 Å². The summed E-state index contributed by atoms with van der Waals surface area (Å²) in [7, 11) is 0. The molecule has 0 atom stereocenters. The van der Waals surface area contributed by atoms with Gasteiger partial charge in [-0.2, -0.15) is 4.98 Å². The molecular formula is C22H23ClN4O3. The van der Waals surface area contributed by atoms with Crippen molar-refractivity contribution in [2.45, 2.75) is 26.2 Å². The van der Waals surface area contributed by atoms with Gasteiger partial charge in [0, 0.05) is 18.7 Å². The molecular weight excluding hydrogens is 404 g/mol. The number of hydrogen-bond donors (Lipinski definition) is 2. The molecule has 2 N–H and O–H groups in total. The Morgan fingerprint density at radius 3 is 2.23 bits per heavy atom. The monoisotopic (exact) mass is 426 g/mol. The molecule has 0 aliphatic heterocycles. The summed E-state index contributed by atoms with van der Waals surface area (Å²) in [4.78, 5) is 28.4. The Balaban J connectivity index is 1.52. The summed E-state index contributed by atoms with van der Waals surface area (Å²) in [6, 6.07) is 14.6. The van der Waals surface area contributed by atoms with Crippen LogP contribution < -0.4 is 10.6 Å². The maximum atomic E-state index is 12.2. The fourth-order valence-corrected chi connectivity index (χ4v) is 2.94. The predicted octanol–water partition coefficient (Wildman–Crippen LogP) is 3.85. The van der Waals surface area contributed by atoms with Crippen LogP contribution in [0.2, 0.25) is 5.02 Å². The summed E-state index contributed by atoms with van der Waals surface area (Å²) < 4.78 is 5.06. The van der Waals surface area contributed by atoms with Crippen molar-refractivity contribution >= 4 is 23.4 Å². The Bertz CT molecular complexity index is 1040. The number of hydrogen-bond acceptors (Lipinski definition) is 5. The molecule has 0 saturated heterocycles. The number of carbonyl (C=O) groups excluding carboxylic acids is 2. The van der Waals surface area contributed by atoms with E-state index >= 15 is 0 Å². The first-order valence-corrected chi connectivity index (χ1v) is 9.89. The molecule has 0 radical (unpaired) electrons. The Kier molecular flexibility index (Phi) is 6.52. The number of amides is 2. The average Bonchev–Trinajstić information content (AvgIpc) is 3.21. The SMILES string of the molecule is CC(C)(C)c1ccc(-c2noc(C(=O)NCCNC(=O)c3ccccc3Cl)n2)cc1. The quantitative estimate of drug-likeness (QED) is 0.583. The van der Waals surface area contributed by atoms with E-state index in [-0.39, 0.29) is 30.3 Å². The van der Waals surface area contributed by atoms with E-state index in [0.717, 1.165) is 5.56 Å². The van der Waals surface area contributed by atoms with E-state index in [2.05, 4.69) is 41.5 Å². The number of nitrogens with one attached hydrogen (secondary N) is 2. The fraction of sp³-hybridized carbons (Fsp3) is 0.273. The molecule has 1 heterocycles. The van der Waals surface area contributed by atoms with Crippen LogP contribution in [-0.2, 0) is 5.41 Å². The van der Waals surface area contributed by atoms with Crippen molar-refractivity contribution in [1.29, 1.82) is 0 Å². The van der Waals surface area contributed by atoms with Gasteiger partial charge in [0.15, 0.2) is 0 Å². The third-order valence-corrected chi connectivity index (χ3v) is 4.77. The molecule has 156 valence electrons. The van der Waals surface area contributed by atoms with Crippen molar-refractivity contribution in [3.05, 3.63) is 70.6 Å². The van der Waals surface area contributed by atoms with Gasteiger partial charge in [0.05, 0.1) is 10.6 Å². The average molecular weight is 427 g/mol. The van der Waals surface area contributed by atoms with E-state index < -0.39 is 5.91 Å². The van der Waals surface area contributed by atoms with Crippen molar-refractivity contribution in [2.75, 3.05) is 13.1 Å². The zero-order valence-electron chi connectivity index (χ0n) is 17.0. The van der Waals surface area contributed by atoms with Crippen LogP contribution in [0.25, 0.3) is 11.4 Å². The van der Waals surface area contributed by atoms with E-state index in [1.165, 1.54) is 5.56 Å². The number of rotatable bonds is 6. The number of halogens is 1. The third kappa shape index (κ3) is 5.24. The number of carbonyl (C=O) groups is 2. The van der Waals surface area contributed by atoms with E-state index in [4.69, 9.17) is 16.1 Å². The molecule has 2 amide bonds. The minimum absolute atomic E-state index is 0.0437. The van der Waals surface area contributed by atoms with Crippen LogP contribution in [0.3, 0.4) is 0 Å². The molecule has 30 heavy (non-hydrogen) atoms. The van der Waals surface area contributed by atoms with Crippen LogP contribution in [-0.4, -0.2) is 35.0 Å². The Hall–Kier alpha value is -3.19. The topological polar surface area (TPSA) is 97.1 Å². The van der Waals surface area contributed by atoms with Crippen molar-refractivity contribution in [1.82, 2.24) is 20.8 Å². The van der Waals surface area contributed by atoms with Crippen molar-refractivity contribution in [2.24, 2.45) is 0 Å². The van der Waals surface area contributed by atoms with Gasteiger partial charge in [-0.15, -0.1) is 0 Å². The number of aromatic nitrogens is 2. The summed E-state index contributed by atoms with van der Waals surface area (Å²) in [5, 5.41) is 9.56. The molecule has 8 heteroatoms. The van der Waals surface area contributed by atoms with Crippen molar-refractivity contribution < 1.29 is 14.1 Å². The minimum Gasteiger partial charge on any atom is -0.350 e. The molecule has 1 aromatic heterocycles. The molecule has 0 spiro atoms. The van der Waals surface area contributed by atoms with Gasteiger partial charge in [0.2, 0.25) is 5.82 Å². The van der Waals surface area contributed by atoms with Crippen molar-refractivity contribution in [3.8, 4) is 11.4 Å². The van der Waals surface area contributed by atoms with Gasteiger partial charge in [0.1, 0.15) is 0 Å². The Morgan fingerprint density at radius 2 is 1.60 bits per heavy atom. The van der Waals surface area contributed by atoms with Crippen LogP contribution in [0.1, 0.15) is 47.4 Å². The van der Waals surface area contributed by atoms with Gasteiger partial charge < -0.3 is 15.2 Å². The molecule has 7 nitrogen and oxygen atoms in total. The normalized spacial score (nSPS) is 11.2. The summed E-state index contributed by atoms with van der Waals surface area (Å²) in [5.74, 6) is -0.615. The van der Waals surface area contributed by atoms with Crippen LogP contribution in [0.15, 0.2) is 53.1 Å². The van der Waals surface area contributed by atoms with Gasteiger partial charge in [-0.25, -0.2) is 0 Å². The fourth-order valence-electron chi connectivity index (χ4n) is 2.72. The largest absolute Gasteiger partial charge is 0.350 e. The standard InChI is InChI=1S/C22H23ClN4O3/c1-22(2,3)15-10-8-14(9-11-15)18-26-21(30-27-18)20(29)25-13-12-24-19(28)16-6-4-5-7-17(16)23/h4-11H,12-13H2,1-3H3,(H,24,28)(H,25,29). The highest BCUT2D eigenvalue weighted by molar-refractivity contribution is 6.33. The highest BCUT2D eigenvalue weighted by atomic mass is 35.5. The maximum Gasteiger partial charge on any atom is 0.316 e. The molecule has 0 fully saturated rings. The molecule has 0 unspecified atom stereocenters. The van der Waals surface area contributed by atoms with E-state index in [9.17, 15) is 9.59 Å².